The Labute approximate surface area is 436 Å². The van der Waals surface area contributed by atoms with Crippen molar-refractivity contribution in [1.82, 2.24) is 21.3 Å². The van der Waals surface area contributed by atoms with Gasteiger partial charge in [0.05, 0.1) is 45.2 Å². The molecule has 20 atom stereocenters. The summed E-state index contributed by atoms with van der Waals surface area (Å²) in [4.78, 5) is 51.2. The molecule has 13 N–H and O–H groups in total. The molecule has 0 bridgehead atoms. The van der Waals surface area contributed by atoms with Crippen molar-refractivity contribution in [3.8, 4) is 5.75 Å². The van der Waals surface area contributed by atoms with Crippen molar-refractivity contribution in [3.63, 3.8) is 0 Å². The van der Waals surface area contributed by atoms with Crippen molar-refractivity contribution in [2.24, 2.45) is 0 Å². The minimum atomic E-state index is -1.92. The molecule has 20 unspecified atom stereocenters. The van der Waals surface area contributed by atoms with Gasteiger partial charge in [-0.2, -0.15) is 0 Å². The number of nitrogens with one attached hydrogen (secondary N) is 4. The SMILES string of the molecule is CCCCCC/C=C\CCCOc1cccc(C(=O)NC2C(OC3C(CO)OC(OC4C(CO)OC(OC5C(CO)OC(CC)C(NC(C)=O)C5O)C(NC(C)=O)C4O)C(NC(C)=O)C3O)OC(CO)C(O)C2O)c1. The Morgan fingerprint density at radius 1 is 0.533 bits per heavy atom. The van der Waals surface area contributed by atoms with Gasteiger partial charge in [0.1, 0.15) is 97.1 Å². The van der Waals surface area contributed by atoms with E-state index >= 15 is 0 Å². The lowest BCUT2D eigenvalue weighted by atomic mass is 9.90. The standard InChI is InChI=1S/C50H80N4O21/c1-6-8-9-10-11-12-13-14-15-19-68-29-18-16-17-28(20-29)47(67)54-36-40(63)39(62)31(21-55)70-48(36)74-45-33(23-57)72-50(38(42(45)65)53-27(5)61)75-46-34(24-58)71-49(37(43(46)66)52-26(4)60)73-44-32(22-56)69-30(7-2)35(41(44)64)51-25(3)59/h12-13,16-18,20,30-46,48-50,55-58,62-66H,6-11,14-15,19,21-24H2,1-5H3,(H,51,59)(H,52,60)(H,53,61)(H,54,67)/b13-12-. The van der Waals surface area contributed by atoms with Crippen molar-refractivity contribution >= 4 is 23.6 Å². The molecule has 5 rings (SSSR count). The van der Waals surface area contributed by atoms with Crippen LogP contribution in [0.25, 0.3) is 0 Å². The first-order valence-corrected chi connectivity index (χ1v) is 25.8. The van der Waals surface area contributed by atoms with Crippen LogP contribution in [0.4, 0.5) is 0 Å². The van der Waals surface area contributed by atoms with E-state index in [9.17, 15) is 65.1 Å². The molecule has 0 saturated carbocycles. The summed E-state index contributed by atoms with van der Waals surface area (Å²) in [5, 5.41) is 110. The first-order valence-electron chi connectivity index (χ1n) is 25.8. The number of unbranched alkanes of at least 4 members (excludes halogenated alkanes) is 5. The molecule has 4 amide bonds. The van der Waals surface area contributed by atoms with E-state index < -0.39 is 172 Å². The minimum Gasteiger partial charge on any atom is -0.494 e. The smallest absolute Gasteiger partial charge is 0.251 e. The van der Waals surface area contributed by atoms with Crippen molar-refractivity contribution in [1.29, 1.82) is 0 Å². The van der Waals surface area contributed by atoms with Crippen LogP contribution in [0, 0.1) is 0 Å². The second-order valence-corrected chi connectivity index (χ2v) is 19.3. The Balaban J connectivity index is 1.33. The molecule has 1 aromatic carbocycles. The van der Waals surface area contributed by atoms with Crippen LogP contribution < -0.4 is 26.0 Å². The third-order valence-electron chi connectivity index (χ3n) is 13.5. The van der Waals surface area contributed by atoms with Crippen LogP contribution in [-0.4, -0.2) is 225 Å². The number of hydrogen-bond acceptors (Lipinski definition) is 21. The molecule has 426 valence electrons. The number of aliphatic hydroxyl groups is 9. The fourth-order valence-corrected chi connectivity index (χ4v) is 9.68. The Kier molecular flexibility index (Phi) is 24.9. The van der Waals surface area contributed by atoms with Crippen LogP contribution >= 0.6 is 0 Å². The highest BCUT2D eigenvalue weighted by Crippen LogP contribution is 2.35. The molecular formula is C50H80N4O21. The van der Waals surface area contributed by atoms with Gasteiger partial charge >= 0.3 is 0 Å². The summed E-state index contributed by atoms with van der Waals surface area (Å²) in [7, 11) is 0. The summed E-state index contributed by atoms with van der Waals surface area (Å²) >= 11 is 0. The van der Waals surface area contributed by atoms with Crippen LogP contribution in [0.5, 0.6) is 5.75 Å². The minimum absolute atomic E-state index is 0.0912. The van der Waals surface area contributed by atoms with Crippen LogP contribution in [0.3, 0.4) is 0 Å². The monoisotopic (exact) mass is 1070 g/mol. The molecule has 25 heteroatoms. The summed E-state index contributed by atoms with van der Waals surface area (Å²) in [5.41, 5.74) is 0.0912. The number of ether oxygens (including phenoxy) is 8. The van der Waals surface area contributed by atoms with Gasteiger partial charge in [0.15, 0.2) is 18.9 Å². The molecule has 4 aliphatic heterocycles. The lowest BCUT2D eigenvalue weighted by Gasteiger charge is -2.51. The van der Waals surface area contributed by atoms with E-state index in [0.29, 0.717) is 18.8 Å². The molecule has 4 fully saturated rings. The van der Waals surface area contributed by atoms with Crippen LogP contribution in [0.15, 0.2) is 36.4 Å². The zero-order chi connectivity index (χ0) is 54.9. The molecule has 0 spiro atoms. The zero-order valence-corrected chi connectivity index (χ0v) is 43.1. The summed E-state index contributed by atoms with van der Waals surface area (Å²) in [6.45, 7) is 4.40. The fourth-order valence-electron chi connectivity index (χ4n) is 9.68. The van der Waals surface area contributed by atoms with Crippen LogP contribution in [0.2, 0.25) is 0 Å². The topological polar surface area (TPSA) is 372 Å². The molecule has 0 radical (unpaired) electrons. The molecule has 0 aromatic heterocycles. The third kappa shape index (κ3) is 16.5. The van der Waals surface area contributed by atoms with Gasteiger partial charge in [0, 0.05) is 26.3 Å². The van der Waals surface area contributed by atoms with Gasteiger partial charge in [0.25, 0.3) is 5.91 Å². The van der Waals surface area contributed by atoms with E-state index in [2.05, 4.69) is 40.3 Å². The van der Waals surface area contributed by atoms with E-state index in [1.165, 1.54) is 38.3 Å². The summed E-state index contributed by atoms with van der Waals surface area (Å²) in [5.74, 6) is -2.33. The van der Waals surface area contributed by atoms with Gasteiger partial charge in [-0.25, -0.2) is 0 Å². The highest BCUT2D eigenvalue weighted by Gasteiger charge is 2.56. The van der Waals surface area contributed by atoms with Crippen molar-refractivity contribution in [2.45, 2.75) is 208 Å². The second-order valence-electron chi connectivity index (χ2n) is 19.3. The Bertz CT molecular complexity index is 1970. The van der Waals surface area contributed by atoms with Crippen molar-refractivity contribution in [2.75, 3.05) is 33.0 Å². The quantitative estimate of drug-likeness (QED) is 0.0331. The van der Waals surface area contributed by atoms with Gasteiger partial charge in [-0.1, -0.05) is 51.3 Å². The molecule has 1 aromatic rings. The highest BCUT2D eigenvalue weighted by atomic mass is 16.8. The van der Waals surface area contributed by atoms with E-state index in [1.807, 2.05) is 0 Å². The van der Waals surface area contributed by atoms with E-state index in [0.717, 1.165) is 39.5 Å². The fraction of sp³-hybridized carbons (Fsp3) is 0.760. The number of hydrogen-bond donors (Lipinski definition) is 13. The lowest BCUT2D eigenvalue weighted by molar-refractivity contribution is -0.359. The van der Waals surface area contributed by atoms with Gasteiger partial charge < -0.3 is 105 Å². The number of carbonyl (C=O) groups excluding carboxylic acids is 4. The maximum absolute atomic E-state index is 13.8. The number of amides is 4. The van der Waals surface area contributed by atoms with Crippen molar-refractivity contribution in [3.05, 3.63) is 42.0 Å². The maximum Gasteiger partial charge on any atom is 0.251 e. The van der Waals surface area contributed by atoms with Gasteiger partial charge in [-0.05, 0) is 50.3 Å². The average molecular weight is 1070 g/mol. The normalized spacial score (nSPS) is 36.1. The molecular weight excluding hydrogens is 993 g/mol. The number of aliphatic hydroxyl groups excluding tert-OH is 9. The first kappa shape index (κ1) is 61.8. The number of rotatable bonds is 26. The lowest BCUT2D eigenvalue weighted by Crippen LogP contribution is -2.71. The van der Waals surface area contributed by atoms with Gasteiger partial charge in [-0.3, -0.25) is 19.2 Å². The van der Waals surface area contributed by atoms with Gasteiger partial charge in [0.2, 0.25) is 17.7 Å². The maximum atomic E-state index is 13.8. The molecule has 25 nitrogen and oxygen atoms in total. The molecule has 75 heavy (non-hydrogen) atoms. The van der Waals surface area contributed by atoms with E-state index in [-0.39, 0.29) is 5.56 Å². The molecule has 4 aliphatic rings. The van der Waals surface area contributed by atoms with E-state index in [4.69, 9.17) is 37.9 Å². The Morgan fingerprint density at radius 2 is 0.987 bits per heavy atom. The average Bonchev–Trinajstić information content (AvgIpc) is 3.38. The number of carbonyl (C=O) groups is 4. The van der Waals surface area contributed by atoms with Crippen molar-refractivity contribution < 1.29 is 103 Å². The Morgan fingerprint density at radius 3 is 1.47 bits per heavy atom. The first-order chi connectivity index (χ1) is 35.9. The second kappa shape index (κ2) is 30.2. The number of benzene rings is 1. The van der Waals surface area contributed by atoms with Crippen LogP contribution in [-0.2, 0) is 47.5 Å². The number of allylic oxidation sites excluding steroid dienone is 2. The Hall–Kier alpha value is -4.00. The predicted octanol–water partition coefficient (Wildman–Crippen LogP) is -2.73. The molecule has 0 aliphatic carbocycles. The summed E-state index contributed by atoms with van der Waals surface area (Å²) in [6, 6.07) is 0.399. The molecule has 4 saturated heterocycles. The largest absolute Gasteiger partial charge is 0.494 e. The summed E-state index contributed by atoms with van der Waals surface area (Å²) < 4.78 is 48.4. The predicted molar refractivity (Wildman–Crippen MR) is 261 cm³/mol. The molecule has 4 heterocycles. The van der Waals surface area contributed by atoms with Gasteiger partial charge in [-0.15, -0.1) is 0 Å². The summed E-state index contributed by atoms with van der Waals surface area (Å²) in [6.07, 6.45) is -13.7. The highest BCUT2D eigenvalue weighted by molar-refractivity contribution is 5.94. The third-order valence-corrected chi connectivity index (χ3v) is 13.5. The zero-order valence-electron chi connectivity index (χ0n) is 43.1. The van der Waals surface area contributed by atoms with Crippen LogP contribution in [0.1, 0.15) is 96.3 Å². The van der Waals surface area contributed by atoms with E-state index in [1.54, 1.807) is 19.1 Å².